The fourth-order valence-electron chi connectivity index (χ4n) is 1.30. The van der Waals surface area contributed by atoms with Crippen LogP contribution in [-0.4, -0.2) is 13.1 Å². The monoisotopic (exact) mass is 215 g/mol. The second-order valence-corrected chi connectivity index (χ2v) is 3.33. The van der Waals surface area contributed by atoms with E-state index in [4.69, 9.17) is 5.26 Å². The number of esters is 1. The van der Waals surface area contributed by atoms with Gasteiger partial charge >= 0.3 is 5.97 Å². The minimum absolute atomic E-state index is 0.352. The molecular weight excluding hydrogens is 202 g/mol. The van der Waals surface area contributed by atoms with Crippen molar-refractivity contribution in [2.45, 2.75) is 13.3 Å². The minimum Gasteiger partial charge on any atom is -0.465 e. The molecule has 1 rings (SSSR count). The number of rotatable bonds is 3. The Hall–Kier alpha value is -2.08. The van der Waals surface area contributed by atoms with Crippen LogP contribution in [-0.2, 0) is 4.74 Å². The number of benzene rings is 1. The molecule has 0 aromatic heterocycles. The maximum Gasteiger partial charge on any atom is 0.337 e. The fourth-order valence-corrected chi connectivity index (χ4v) is 1.30. The van der Waals surface area contributed by atoms with Crippen LogP contribution in [0.4, 0.5) is 0 Å². The second-order valence-electron chi connectivity index (χ2n) is 3.33. The van der Waals surface area contributed by atoms with Crippen LogP contribution < -0.4 is 0 Å². The third-order valence-electron chi connectivity index (χ3n) is 2.21. The molecule has 16 heavy (non-hydrogen) atoms. The number of carbonyl (C=O) groups is 1. The van der Waals surface area contributed by atoms with Gasteiger partial charge in [-0.1, -0.05) is 18.2 Å². The number of methoxy groups -OCH3 is 1. The number of allylic oxidation sites excluding steroid dienone is 1. The van der Waals surface area contributed by atoms with Gasteiger partial charge in [-0.3, -0.25) is 0 Å². The Morgan fingerprint density at radius 2 is 2.31 bits per heavy atom. The zero-order chi connectivity index (χ0) is 12.0. The Morgan fingerprint density at radius 1 is 1.56 bits per heavy atom. The maximum atomic E-state index is 11.3. The van der Waals surface area contributed by atoms with Crippen LogP contribution in [0.1, 0.15) is 27.9 Å². The van der Waals surface area contributed by atoms with Gasteiger partial charge < -0.3 is 4.74 Å². The molecule has 0 aliphatic rings. The van der Waals surface area contributed by atoms with Gasteiger partial charge in [0.05, 0.1) is 25.2 Å². The van der Waals surface area contributed by atoms with Gasteiger partial charge in [-0.25, -0.2) is 4.79 Å². The van der Waals surface area contributed by atoms with Crippen molar-refractivity contribution in [1.29, 1.82) is 5.26 Å². The van der Waals surface area contributed by atoms with Gasteiger partial charge in [-0.2, -0.15) is 5.26 Å². The summed E-state index contributed by atoms with van der Waals surface area (Å²) in [6.45, 7) is 1.95. The highest BCUT2D eigenvalue weighted by Gasteiger charge is 2.06. The summed E-state index contributed by atoms with van der Waals surface area (Å²) in [5.74, 6) is -0.352. The smallest absolute Gasteiger partial charge is 0.337 e. The van der Waals surface area contributed by atoms with Gasteiger partial charge in [0.15, 0.2) is 0 Å². The molecule has 0 fully saturated rings. The normalized spacial score (nSPS) is 10.1. The average molecular weight is 215 g/mol. The summed E-state index contributed by atoms with van der Waals surface area (Å²) < 4.78 is 4.64. The van der Waals surface area contributed by atoms with Crippen LogP contribution in [0.15, 0.2) is 24.3 Å². The van der Waals surface area contributed by atoms with E-state index in [0.717, 1.165) is 11.1 Å². The Kier molecular flexibility index (Phi) is 4.28. The van der Waals surface area contributed by atoms with Crippen molar-refractivity contribution in [2.24, 2.45) is 0 Å². The van der Waals surface area contributed by atoms with Crippen LogP contribution in [0.3, 0.4) is 0 Å². The Morgan fingerprint density at radius 3 is 2.94 bits per heavy atom. The zero-order valence-electron chi connectivity index (χ0n) is 9.36. The number of nitriles is 1. The maximum absolute atomic E-state index is 11.3. The van der Waals surface area contributed by atoms with Crippen LogP contribution in [0.25, 0.3) is 6.08 Å². The topological polar surface area (TPSA) is 50.1 Å². The first-order valence-electron chi connectivity index (χ1n) is 4.91. The van der Waals surface area contributed by atoms with Gasteiger partial charge in [0.1, 0.15) is 0 Å². The summed E-state index contributed by atoms with van der Waals surface area (Å²) in [5, 5.41) is 8.42. The van der Waals surface area contributed by atoms with Gasteiger partial charge in [-0.15, -0.1) is 0 Å². The molecule has 0 saturated carbocycles. The Labute approximate surface area is 95.0 Å². The van der Waals surface area contributed by atoms with Crippen LogP contribution in [0, 0.1) is 18.3 Å². The highest BCUT2D eigenvalue weighted by Crippen LogP contribution is 2.14. The van der Waals surface area contributed by atoms with Crippen molar-refractivity contribution in [3.8, 4) is 6.07 Å². The summed E-state index contributed by atoms with van der Waals surface area (Å²) >= 11 is 0. The number of aryl methyl sites for hydroxylation is 1. The molecule has 0 radical (unpaired) electrons. The fraction of sp³-hybridized carbons (Fsp3) is 0.231. The summed E-state index contributed by atoms with van der Waals surface area (Å²) in [7, 11) is 1.35. The first-order chi connectivity index (χ1) is 7.69. The molecule has 0 N–H and O–H groups in total. The standard InChI is InChI=1S/C13H13NO2/c1-10-6-7-12(13(15)16-2)9-11(10)5-3-4-8-14/h3,5-7,9H,4H2,1-2H3. The van der Waals surface area contributed by atoms with E-state index in [1.807, 2.05) is 25.1 Å². The molecule has 0 unspecified atom stereocenters. The predicted molar refractivity (Wildman–Crippen MR) is 61.8 cm³/mol. The molecule has 1 aromatic rings. The number of nitrogens with zero attached hydrogens (tertiary/aromatic N) is 1. The quantitative estimate of drug-likeness (QED) is 0.728. The largest absolute Gasteiger partial charge is 0.465 e. The van der Waals surface area contributed by atoms with Gasteiger partial charge in [-0.05, 0) is 30.2 Å². The first kappa shape index (κ1) is 12.0. The van der Waals surface area contributed by atoms with Crippen LogP contribution in [0.2, 0.25) is 0 Å². The molecule has 0 bridgehead atoms. The number of carbonyl (C=O) groups excluding carboxylic acids is 1. The Balaban J connectivity index is 3.00. The number of hydrogen-bond donors (Lipinski definition) is 0. The predicted octanol–water partition coefficient (Wildman–Crippen LogP) is 2.71. The highest BCUT2D eigenvalue weighted by atomic mass is 16.5. The SMILES string of the molecule is COC(=O)c1ccc(C)c(C=CCC#N)c1. The molecule has 3 heteroatoms. The van der Waals surface area contributed by atoms with Crippen molar-refractivity contribution in [3.63, 3.8) is 0 Å². The molecule has 0 atom stereocenters. The molecule has 3 nitrogen and oxygen atoms in total. The van der Waals surface area contributed by atoms with E-state index >= 15 is 0 Å². The molecule has 1 aromatic carbocycles. The average Bonchev–Trinajstić information content (AvgIpc) is 2.31. The third kappa shape index (κ3) is 2.96. The van der Waals surface area contributed by atoms with Crippen molar-refractivity contribution in [2.75, 3.05) is 7.11 Å². The van der Waals surface area contributed by atoms with Crippen molar-refractivity contribution < 1.29 is 9.53 Å². The van der Waals surface area contributed by atoms with E-state index in [2.05, 4.69) is 4.74 Å². The van der Waals surface area contributed by atoms with Crippen molar-refractivity contribution in [1.82, 2.24) is 0 Å². The summed E-state index contributed by atoms with van der Waals surface area (Å²) in [6.07, 6.45) is 3.97. The second kappa shape index (κ2) is 5.72. The van der Waals surface area contributed by atoms with Gasteiger partial charge in [0.25, 0.3) is 0 Å². The molecule has 0 aliphatic heterocycles. The summed E-state index contributed by atoms with van der Waals surface area (Å²) in [6, 6.07) is 7.37. The van der Waals surface area contributed by atoms with Crippen molar-refractivity contribution >= 4 is 12.0 Å². The van der Waals surface area contributed by atoms with Crippen molar-refractivity contribution in [3.05, 3.63) is 41.0 Å². The third-order valence-corrected chi connectivity index (χ3v) is 2.21. The number of hydrogen-bond acceptors (Lipinski definition) is 3. The van der Waals surface area contributed by atoms with Crippen LogP contribution in [0.5, 0.6) is 0 Å². The van der Waals surface area contributed by atoms with E-state index in [0.29, 0.717) is 12.0 Å². The summed E-state index contributed by atoms with van der Waals surface area (Å²) in [5.41, 5.74) is 2.50. The van der Waals surface area contributed by atoms with E-state index in [1.165, 1.54) is 7.11 Å². The lowest BCUT2D eigenvalue weighted by Crippen LogP contribution is -2.01. The van der Waals surface area contributed by atoms with E-state index in [-0.39, 0.29) is 5.97 Å². The number of ether oxygens (including phenoxy) is 1. The van der Waals surface area contributed by atoms with Crippen LogP contribution >= 0.6 is 0 Å². The van der Waals surface area contributed by atoms with Gasteiger partial charge in [0, 0.05) is 0 Å². The molecule has 82 valence electrons. The first-order valence-corrected chi connectivity index (χ1v) is 4.91. The molecule has 0 spiro atoms. The zero-order valence-corrected chi connectivity index (χ0v) is 9.36. The molecule has 0 amide bonds. The molecule has 0 aliphatic carbocycles. The molecule has 0 saturated heterocycles. The van der Waals surface area contributed by atoms with E-state index < -0.39 is 0 Å². The lowest BCUT2D eigenvalue weighted by atomic mass is 10.0. The lowest BCUT2D eigenvalue weighted by molar-refractivity contribution is 0.0600. The lowest BCUT2D eigenvalue weighted by Gasteiger charge is -2.03. The molecular formula is C13H13NO2. The Bertz CT molecular complexity index is 455. The van der Waals surface area contributed by atoms with E-state index in [1.54, 1.807) is 18.2 Å². The molecule has 0 heterocycles. The summed E-state index contributed by atoms with van der Waals surface area (Å²) in [4.78, 5) is 11.3. The highest BCUT2D eigenvalue weighted by molar-refractivity contribution is 5.90. The van der Waals surface area contributed by atoms with Gasteiger partial charge in [0.2, 0.25) is 0 Å². The minimum atomic E-state index is -0.352. The van der Waals surface area contributed by atoms with E-state index in [9.17, 15) is 4.79 Å².